The molecule has 0 aliphatic carbocycles. The Kier molecular flexibility index (Phi) is 4.85. The zero-order valence-corrected chi connectivity index (χ0v) is 12.9. The topological polar surface area (TPSA) is 50.3 Å². The van der Waals surface area contributed by atoms with Gasteiger partial charge in [-0.2, -0.15) is 0 Å². The highest BCUT2D eigenvalue weighted by Crippen LogP contribution is 2.16. The predicted octanol–water partition coefficient (Wildman–Crippen LogP) is 2.24. The molecule has 1 aliphatic heterocycles. The van der Waals surface area contributed by atoms with E-state index in [2.05, 4.69) is 32.3 Å². The number of nitrogens with one attached hydrogen (secondary N) is 1. The molecule has 1 aromatic heterocycles. The third-order valence-corrected chi connectivity index (χ3v) is 4.01. The van der Waals surface area contributed by atoms with Gasteiger partial charge >= 0.3 is 0 Å². The molecule has 1 saturated heterocycles. The fraction of sp³-hybridized carbons (Fsp3) is 0.412. The van der Waals surface area contributed by atoms with Crippen LogP contribution in [0.1, 0.15) is 18.4 Å². The van der Waals surface area contributed by atoms with E-state index < -0.39 is 0 Å². The normalized spacial score (nSPS) is 18.2. The smallest absolute Gasteiger partial charge is 0.225 e. The van der Waals surface area contributed by atoms with Gasteiger partial charge in [-0.25, -0.2) is 9.97 Å². The summed E-state index contributed by atoms with van der Waals surface area (Å²) < 4.78 is 5.19. The quantitative estimate of drug-likeness (QED) is 0.917. The zero-order valence-electron chi connectivity index (χ0n) is 12.9. The van der Waals surface area contributed by atoms with Gasteiger partial charge in [0.15, 0.2) is 0 Å². The monoisotopic (exact) mass is 298 g/mol. The predicted molar refractivity (Wildman–Crippen MR) is 87.1 cm³/mol. The molecule has 0 spiro atoms. The lowest BCUT2D eigenvalue weighted by molar-refractivity contribution is 0.412. The highest BCUT2D eigenvalue weighted by atomic mass is 16.5. The molecule has 1 aliphatic rings. The van der Waals surface area contributed by atoms with E-state index in [9.17, 15) is 0 Å². The van der Waals surface area contributed by atoms with Crippen LogP contribution in [-0.4, -0.2) is 36.2 Å². The number of benzene rings is 1. The molecule has 5 nitrogen and oxygen atoms in total. The first kappa shape index (κ1) is 14.8. The molecule has 5 heteroatoms. The standard InChI is InChI=1S/C17H22N4O/c1-22-16-7-5-14(6-8-16)12-20-15-4-2-11-21(13-15)17-18-9-3-10-19-17/h3,5-10,15,20H,2,4,11-13H2,1H3. The molecule has 0 saturated carbocycles. The van der Waals surface area contributed by atoms with E-state index >= 15 is 0 Å². The zero-order chi connectivity index (χ0) is 15.2. The first-order chi connectivity index (χ1) is 10.8. The average molecular weight is 298 g/mol. The van der Waals surface area contributed by atoms with Crippen molar-refractivity contribution >= 4 is 5.95 Å². The van der Waals surface area contributed by atoms with Crippen molar-refractivity contribution in [1.82, 2.24) is 15.3 Å². The highest BCUT2D eigenvalue weighted by Gasteiger charge is 2.20. The van der Waals surface area contributed by atoms with Crippen LogP contribution in [0.3, 0.4) is 0 Å². The number of hydrogen-bond acceptors (Lipinski definition) is 5. The Balaban J connectivity index is 1.54. The molecule has 1 fully saturated rings. The SMILES string of the molecule is COc1ccc(CNC2CCCN(c3ncccn3)C2)cc1. The van der Waals surface area contributed by atoms with E-state index in [4.69, 9.17) is 4.74 Å². The number of piperidine rings is 1. The summed E-state index contributed by atoms with van der Waals surface area (Å²) >= 11 is 0. The molecule has 2 heterocycles. The minimum Gasteiger partial charge on any atom is -0.497 e. The minimum absolute atomic E-state index is 0.472. The van der Waals surface area contributed by atoms with E-state index in [0.717, 1.165) is 31.3 Å². The molecule has 1 unspecified atom stereocenters. The molecule has 1 N–H and O–H groups in total. The van der Waals surface area contributed by atoms with Gasteiger partial charge in [0, 0.05) is 38.1 Å². The molecule has 0 radical (unpaired) electrons. The Morgan fingerprint density at radius 2 is 2.00 bits per heavy atom. The number of anilines is 1. The summed E-state index contributed by atoms with van der Waals surface area (Å²) in [4.78, 5) is 11.0. The van der Waals surface area contributed by atoms with Crippen LogP contribution in [0.4, 0.5) is 5.95 Å². The summed E-state index contributed by atoms with van der Waals surface area (Å²) in [5.74, 6) is 1.73. The fourth-order valence-electron chi connectivity index (χ4n) is 2.79. The summed E-state index contributed by atoms with van der Waals surface area (Å²) in [5, 5.41) is 3.64. The van der Waals surface area contributed by atoms with Crippen molar-refractivity contribution in [3.05, 3.63) is 48.3 Å². The molecule has 22 heavy (non-hydrogen) atoms. The van der Waals surface area contributed by atoms with Crippen molar-refractivity contribution < 1.29 is 4.74 Å². The van der Waals surface area contributed by atoms with Gasteiger partial charge < -0.3 is 15.0 Å². The molecule has 116 valence electrons. The van der Waals surface area contributed by atoms with Crippen LogP contribution < -0.4 is 15.0 Å². The van der Waals surface area contributed by atoms with Gasteiger partial charge in [-0.05, 0) is 36.6 Å². The third kappa shape index (κ3) is 3.74. The van der Waals surface area contributed by atoms with Gasteiger partial charge in [0.1, 0.15) is 5.75 Å². The average Bonchev–Trinajstić information content (AvgIpc) is 2.61. The first-order valence-electron chi connectivity index (χ1n) is 7.73. The Bertz CT molecular complexity index is 573. The largest absolute Gasteiger partial charge is 0.497 e. The van der Waals surface area contributed by atoms with Crippen LogP contribution in [0, 0.1) is 0 Å². The van der Waals surface area contributed by atoms with Crippen LogP contribution in [0.2, 0.25) is 0 Å². The summed E-state index contributed by atoms with van der Waals surface area (Å²) in [6, 6.07) is 10.5. The van der Waals surface area contributed by atoms with E-state index in [-0.39, 0.29) is 0 Å². The van der Waals surface area contributed by atoms with Gasteiger partial charge in [0.2, 0.25) is 5.95 Å². The van der Waals surface area contributed by atoms with Crippen molar-refractivity contribution in [2.24, 2.45) is 0 Å². The molecule has 2 aromatic rings. The van der Waals surface area contributed by atoms with Gasteiger partial charge in [0.25, 0.3) is 0 Å². The second-order valence-electron chi connectivity index (χ2n) is 5.56. The van der Waals surface area contributed by atoms with Gasteiger partial charge in [-0.3, -0.25) is 0 Å². The summed E-state index contributed by atoms with van der Waals surface area (Å²) in [5.41, 5.74) is 1.27. The Labute approximate surface area is 131 Å². The van der Waals surface area contributed by atoms with Crippen LogP contribution in [0.15, 0.2) is 42.7 Å². The second kappa shape index (κ2) is 7.22. The van der Waals surface area contributed by atoms with Gasteiger partial charge in [0.05, 0.1) is 7.11 Å². The van der Waals surface area contributed by atoms with Crippen molar-refractivity contribution in [2.75, 3.05) is 25.1 Å². The van der Waals surface area contributed by atoms with Crippen molar-refractivity contribution in [1.29, 1.82) is 0 Å². The minimum atomic E-state index is 0.472. The first-order valence-corrected chi connectivity index (χ1v) is 7.73. The Morgan fingerprint density at radius 1 is 1.23 bits per heavy atom. The maximum absolute atomic E-state index is 5.19. The molecule has 3 rings (SSSR count). The summed E-state index contributed by atoms with van der Waals surface area (Å²) in [6.07, 6.45) is 5.96. The number of hydrogen-bond donors (Lipinski definition) is 1. The van der Waals surface area contributed by atoms with E-state index in [1.807, 2.05) is 18.2 Å². The molecular formula is C17H22N4O. The number of rotatable bonds is 5. The number of methoxy groups -OCH3 is 1. The molecule has 1 atom stereocenters. The Morgan fingerprint density at radius 3 is 2.73 bits per heavy atom. The number of nitrogens with zero attached hydrogens (tertiary/aromatic N) is 3. The molecule has 0 bridgehead atoms. The van der Waals surface area contributed by atoms with Crippen molar-refractivity contribution in [3.63, 3.8) is 0 Å². The van der Waals surface area contributed by atoms with Crippen molar-refractivity contribution in [3.8, 4) is 5.75 Å². The van der Waals surface area contributed by atoms with Gasteiger partial charge in [-0.15, -0.1) is 0 Å². The Hall–Kier alpha value is -2.14. The lowest BCUT2D eigenvalue weighted by Gasteiger charge is -2.33. The van der Waals surface area contributed by atoms with Crippen LogP contribution in [-0.2, 0) is 6.54 Å². The third-order valence-electron chi connectivity index (χ3n) is 4.01. The van der Waals surface area contributed by atoms with Crippen LogP contribution in [0.5, 0.6) is 5.75 Å². The van der Waals surface area contributed by atoms with Crippen LogP contribution >= 0.6 is 0 Å². The van der Waals surface area contributed by atoms with E-state index in [1.54, 1.807) is 19.5 Å². The molecule has 1 aromatic carbocycles. The maximum atomic E-state index is 5.19. The second-order valence-corrected chi connectivity index (χ2v) is 5.56. The fourth-order valence-corrected chi connectivity index (χ4v) is 2.79. The van der Waals surface area contributed by atoms with E-state index in [1.165, 1.54) is 18.4 Å². The molecular weight excluding hydrogens is 276 g/mol. The van der Waals surface area contributed by atoms with Gasteiger partial charge in [-0.1, -0.05) is 12.1 Å². The lowest BCUT2D eigenvalue weighted by atomic mass is 10.1. The van der Waals surface area contributed by atoms with Crippen molar-refractivity contribution in [2.45, 2.75) is 25.4 Å². The number of aromatic nitrogens is 2. The van der Waals surface area contributed by atoms with Crippen LogP contribution in [0.25, 0.3) is 0 Å². The molecule has 0 amide bonds. The number of ether oxygens (including phenoxy) is 1. The highest BCUT2D eigenvalue weighted by molar-refractivity contribution is 5.30. The van der Waals surface area contributed by atoms with E-state index in [0.29, 0.717) is 6.04 Å². The summed E-state index contributed by atoms with van der Waals surface area (Å²) in [6.45, 7) is 2.86. The maximum Gasteiger partial charge on any atom is 0.225 e. The summed E-state index contributed by atoms with van der Waals surface area (Å²) in [7, 11) is 1.69. The lowest BCUT2D eigenvalue weighted by Crippen LogP contribution is -2.46.